The number of carboxylic acid groups (broad SMARTS) is 1. The maximum atomic E-state index is 12.1. The summed E-state index contributed by atoms with van der Waals surface area (Å²) in [5.41, 5.74) is 9.13. The van der Waals surface area contributed by atoms with Crippen LogP contribution in [0.15, 0.2) is 78.2 Å². The lowest BCUT2D eigenvalue weighted by Crippen LogP contribution is -2.48. The monoisotopic (exact) mass is 1000 g/mol. The summed E-state index contributed by atoms with van der Waals surface area (Å²) in [6.45, 7) is 8.50. The second-order valence-corrected chi connectivity index (χ2v) is 21.0. The number of carbonyl (C=O) groups is 2. The van der Waals surface area contributed by atoms with E-state index >= 15 is 0 Å². The molecule has 5 aliphatic rings. The number of aliphatic carboxylic acids is 1. The first kappa shape index (κ1) is 51.4. The van der Waals surface area contributed by atoms with E-state index in [0.29, 0.717) is 15.2 Å². The first-order chi connectivity index (χ1) is 31.2. The Hall–Kier alpha value is -3.00. The largest absolute Gasteiger partial charge is 0.481 e. The number of piperazine rings is 2. The van der Waals surface area contributed by atoms with Crippen LogP contribution in [-0.4, -0.2) is 114 Å². The van der Waals surface area contributed by atoms with E-state index in [1.165, 1.54) is 42.1 Å². The first-order valence-electron chi connectivity index (χ1n) is 22.9. The summed E-state index contributed by atoms with van der Waals surface area (Å²) < 4.78 is 0. The molecule has 0 unspecified atom stereocenters. The van der Waals surface area contributed by atoms with Crippen molar-refractivity contribution in [2.75, 3.05) is 77.2 Å². The van der Waals surface area contributed by atoms with Gasteiger partial charge in [0.1, 0.15) is 0 Å². The number of benzene rings is 3. The molecule has 2 aliphatic heterocycles. The van der Waals surface area contributed by atoms with Gasteiger partial charge in [-0.15, -0.1) is 22.9 Å². The molecule has 9 rings (SSSR count). The van der Waals surface area contributed by atoms with Crippen LogP contribution in [0.1, 0.15) is 99.4 Å². The van der Waals surface area contributed by atoms with Crippen LogP contribution in [-0.2, 0) is 25.8 Å². The van der Waals surface area contributed by atoms with Crippen molar-refractivity contribution < 1.29 is 14.7 Å². The normalized spacial score (nSPS) is 20.1. The third-order valence-electron chi connectivity index (χ3n) is 14.2. The molecule has 0 amide bonds. The predicted molar refractivity (Wildman–Crippen MR) is 275 cm³/mol. The number of anilines is 1. The highest BCUT2D eigenvalue weighted by Crippen LogP contribution is 2.48. The maximum absolute atomic E-state index is 12.1. The van der Waals surface area contributed by atoms with Crippen LogP contribution in [0.2, 0.25) is 15.1 Å². The lowest BCUT2D eigenvalue weighted by molar-refractivity contribution is -0.143. The molecule has 0 atom stereocenters. The molecule has 3 aromatic carbocycles. The molecule has 3 N–H and O–H groups in total. The van der Waals surface area contributed by atoms with Crippen LogP contribution < -0.4 is 10.6 Å². The maximum Gasteiger partial charge on any atom is 0.314 e. The quantitative estimate of drug-likeness (QED) is 0.131. The fourth-order valence-corrected chi connectivity index (χ4v) is 11.9. The van der Waals surface area contributed by atoms with Crippen LogP contribution in [0.25, 0.3) is 0 Å². The number of carbonyl (C=O) groups excluding carboxylic acids is 1. The Bertz CT molecular complexity index is 2140. The van der Waals surface area contributed by atoms with Crippen molar-refractivity contribution in [3.8, 4) is 0 Å². The molecule has 3 heterocycles. The molecule has 5 fully saturated rings. The molecule has 0 spiro atoms. The van der Waals surface area contributed by atoms with E-state index in [1.807, 2.05) is 64.8 Å². The number of alkyl halides is 1. The first-order valence-corrected chi connectivity index (χ1v) is 25.9. The molecule has 65 heavy (non-hydrogen) atoms. The summed E-state index contributed by atoms with van der Waals surface area (Å²) in [7, 11) is 4.30. The smallest absolute Gasteiger partial charge is 0.314 e. The summed E-state index contributed by atoms with van der Waals surface area (Å²) in [5.74, 6) is -0.459. The highest BCUT2D eigenvalue weighted by atomic mass is 35.5. The predicted octanol–water partition coefficient (Wildman–Crippen LogP) is 11.1. The van der Waals surface area contributed by atoms with E-state index in [-0.39, 0.29) is 22.5 Å². The van der Waals surface area contributed by atoms with Crippen molar-refractivity contribution in [2.45, 2.75) is 93.3 Å². The van der Waals surface area contributed by atoms with Gasteiger partial charge in [-0.05, 0) is 118 Å². The second kappa shape index (κ2) is 23.8. The SMILES string of the molecule is CN1CCN(C(N)=S)CC1.CN1CCN(c2nc(C3(c4ccc(Cl)cc4)CCCC3)cs2)CC1.O=C(CCl)C1(c2ccc(Cl)cc2)CCCC1.O=C(O)C1(c2ccc(Cl)cc2)CCCC1. The summed E-state index contributed by atoms with van der Waals surface area (Å²) in [5, 5.41) is 15.5. The van der Waals surface area contributed by atoms with E-state index < -0.39 is 11.4 Å². The van der Waals surface area contributed by atoms with Gasteiger partial charge in [-0.3, -0.25) is 9.59 Å². The molecule has 352 valence electrons. The van der Waals surface area contributed by atoms with Gasteiger partial charge in [-0.2, -0.15) is 0 Å². The van der Waals surface area contributed by atoms with E-state index in [2.05, 4.69) is 46.3 Å². The standard InChI is InChI=1S/C19H24ClN3S.C13H14Cl2O.C12H13ClO2.C6H13N3S/c1-22-10-12-23(13-11-22)18-21-17(14-24-18)19(8-2-3-9-19)15-4-6-16(20)7-5-15;14-9-12(16)13(7-1-2-8-13)10-3-5-11(15)6-4-10;13-10-5-3-9(4-6-10)12(11(14)15)7-1-2-8-12;1-8-2-4-9(5-3-8)6(7)10/h4-7,14H,2-3,8-13H2,1H3;3-6H,1-2,7-9H2;3-6H,1-2,7-8H2,(H,14,15);2-5H2,1H3,(H2,7,10). The van der Waals surface area contributed by atoms with Gasteiger partial charge in [-0.1, -0.05) is 110 Å². The molecular formula is C50H64Cl4N6O3S2. The van der Waals surface area contributed by atoms with Gasteiger partial charge in [0, 0.05) is 78.2 Å². The molecule has 1 aromatic heterocycles. The second-order valence-electron chi connectivity index (χ2n) is 18.2. The number of ketones is 1. The average Bonchev–Trinajstić information content (AvgIpc) is 4.17. The Balaban J connectivity index is 0.000000151. The van der Waals surface area contributed by atoms with Crippen molar-refractivity contribution in [1.29, 1.82) is 0 Å². The number of nitrogens with zero attached hydrogens (tertiary/aromatic N) is 5. The molecule has 3 saturated carbocycles. The summed E-state index contributed by atoms with van der Waals surface area (Å²) in [6.07, 6.45) is 12.5. The number of likely N-dealkylation sites (N-methyl/N-ethyl adjacent to an activating group) is 2. The number of thiazole rings is 1. The van der Waals surface area contributed by atoms with Crippen LogP contribution in [0.4, 0.5) is 5.13 Å². The van der Waals surface area contributed by atoms with Crippen LogP contribution in [0.3, 0.4) is 0 Å². The van der Waals surface area contributed by atoms with Crippen LogP contribution in [0.5, 0.6) is 0 Å². The van der Waals surface area contributed by atoms with Crippen molar-refractivity contribution in [2.24, 2.45) is 5.73 Å². The average molecular weight is 1000 g/mol. The molecule has 9 nitrogen and oxygen atoms in total. The van der Waals surface area contributed by atoms with Gasteiger partial charge in [0.05, 0.1) is 22.4 Å². The molecular weight excluding hydrogens is 939 g/mol. The number of nitrogens with two attached hydrogens (primary N) is 1. The Morgan fingerprint density at radius 2 is 1.05 bits per heavy atom. The fourth-order valence-electron chi connectivity index (χ4n) is 10.1. The lowest BCUT2D eigenvalue weighted by Gasteiger charge is -2.32. The van der Waals surface area contributed by atoms with Crippen LogP contribution >= 0.6 is 70.0 Å². The number of halogens is 4. The van der Waals surface area contributed by atoms with Gasteiger partial charge in [-0.25, -0.2) is 4.98 Å². The lowest BCUT2D eigenvalue weighted by atomic mass is 9.76. The highest BCUT2D eigenvalue weighted by Gasteiger charge is 2.43. The Morgan fingerprint density at radius 1 is 0.646 bits per heavy atom. The highest BCUT2D eigenvalue weighted by molar-refractivity contribution is 7.80. The van der Waals surface area contributed by atoms with Crippen molar-refractivity contribution in [1.82, 2.24) is 19.7 Å². The number of carboxylic acids is 1. The van der Waals surface area contributed by atoms with Gasteiger partial charge in [0.25, 0.3) is 0 Å². The van der Waals surface area contributed by atoms with Gasteiger partial charge >= 0.3 is 5.97 Å². The number of aromatic nitrogens is 1. The number of hydrogen-bond donors (Lipinski definition) is 2. The molecule has 0 bridgehead atoms. The minimum absolute atomic E-state index is 0.0892. The number of thiocarbonyl (C=S) groups is 1. The third-order valence-corrected chi connectivity index (χ3v) is 16.4. The molecule has 4 aromatic rings. The minimum atomic E-state index is -0.706. The topological polar surface area (TPSA) is 106 Å². The number of rotatable bonds is 8. The molecule has 0 radical (unpaired) electrons. The fraction of sp³-hybridized carbons (Fsp3) is 0.520. The number of hydrogen-bond acceptors (Lipinski definition) is 8. The van der Waals surface area contributed by atoms with Gasteiger partial charge in [0.2, 0.25) is 0 Å². The van der Waals surface area contributed by atoms with Crippen molar-refractivity contribution in [3.63, 3.8) is 0 Å². The zero-order valence-electron chi connectivity index (χ0n) is 37.8. The van der Waals surface area contributed by atoms with Gasteiger partial charge < -0.3 is 30.4 Å². The Morgan fingerprint density at radius 3 is 1.48 bits per heavy atom. The van der Waals surface area contributed by atoms with E-state index in [1.54, 1.807) is 12.1 Å². The van der Waals surface area contributed by atoms with E-state index in [0.717, 1.165) is 120 Å². The molecule has 15 heteroatoms. The summed E-state index contributed by atoms with van der Waals surface area (Å²) >= 11 is 30.1. The molecule has 3 aliphatic carbocycles. The zero-order valence-corrected chi connectivity index (χ0v) is 42.4. The summed E-state index contributed by atoms with van der Waals surface area (Å²) in [4.78, 5) is 37.7. The third kappa shape index (κ3) is 12.8. The van der Waals surface area contributed by atoms with Crippen LogP contribution in [0, 0.1) is 0 Å². The van der Waals surface area contributed by atoms with Crippen molar-refractivity contribution in [3.05, 3.63) is 116 Å². The Kier molecular flexibility index (Phi) is 18.8. The summed E-state index contributed by atoms with van der Waals surface area (Å²) in [6, 6.07) is 23.2. The molecule has 2 saturated heterocycles. The minimum Gasteiger partial charge on any atom is -0.481 e. The van der Waals surface area contributed by atoms with E-state index in [4.69, 9.17) is 69.3 Å². The Labute approximate surface area is 415 Å². The zero-order chi connectivity index (χ0) is 46.6. The van der Waals surface area contributed by atoms with Crippen molar-refractivity contribution >= 4 is 92.0 Å². The van der Waals surface area contributed by atoms with Gasteiger partial charge in [0.15, 0.2) is 16.0 Å². The van der Waals surface area contributed by atoms with E-state index in [9.17, 15) is 14.7 Å². The number of Topliss-reactive ketones (excluding diaryl/α,β-unsaturated/α-hetero) is 1.